The standard InChI is InChI=1S/C13H29NO4/c1-5-7-18-10(3)8-14(4)11(9-15)13(17)12(16)6-2/h10-13,15-17H,5-9H2,1-4H3/t10?,11-,12-,13-/m1/s1. The van der Waals surface area contributed by atoms with E-state index in [0.717, 1.165) is 6.42 Å². The van der Waals surface area contributed by atoms with E-state index in [-0.39, 0.29) is 12.7 Å². The summed E-state index contributed by atoms with van der Waals surface area (Å²) in [6.45, 7) is 6.94. The van der Waals surface area contributed by atoms with Crippen molar-refractivity contribution in [3.8, 4) is 0 Å². The van der Waals surface area contributed by atoms with Crippen LogP contribution in [0.3, 0.4) is 0 Å². The minimum atomic E-state index is -0.941. The maximum absolute atomic E-state index is 9.94. The number of likely N-dealkylation sites (N-methyl/N-ethyl adjacent to an activating group) is 1. The van der Waals surface area contributed by atoms with E-state index in [2.05, 4.69) is 0 Å². The molecule has 0 radical (unpaired) electrons. The van der Waals surface area contributed by atoms with Gasteiger partial charge in [0, 0.05) is 13.2 Å². The molecule has 0 saturated heterocycles. The van der Waals surface area contributed by atoms with Gasteiger partial charge in [-0.3, -0.25) is 4.90 Å². The van der Waals surface area contributed by atoms with Gasteiger partial charge in [-0.1, -0.05) is 13.8 Å². The molecule has 0 aliphatic rings. The first-order valence-electron chi connectivity index (χ1n) is 6.76. The van der Waals surface area contributed by atoms with E-state index in [1.807, 2.05) is 25.8 Å². The van der Waals surface area contributed by atoms with E-state index in [9.17, 15) is 15.3 Å². The van der Waals surface area contributed by atoms with Gasteiger partial charge in [0.25, 0.3) is 0 Å². The summed E-state index contributed by atoms with van der Waals surface area (Å²) in [4.78, 5) is 1.84. The maximum atomic E-state index is 9.94. The Bertz CT molecular complexity index is 203. The summed E-state index contributed by atoms with van der Waals surface area (Å²) in [7, 11) is 1.82. The van der Waals surface area contributed by atoms with Crippen molar-refractivity contribution in [1.29, 1.82) is 0 Å². The van der Waals surface area contributed by atoms with Crippen LogP contribution in [0.25, 0.3) is 0 Å². The Morgan fingerprint density at radius 2 is 1.83 bits per heavy atom. The average Bonchev–Trinajstić information content (AvgIpc) is 2.35. The number of aliphatic hydroxyl groups is 3. The van der Waals surface area contributed by atoms with Crippen LogP contribution in [0, 0.1) is 0 Å². The molecular weight excluding hydrogens is 234 g/mol. The molecule has 0 aliphatic heterocycles. The van der Waals surface area contributed by atoms with E-state index >= 15 is 0 Å². The zero-order valence-corrected chi connectivity index (χ0v) is 12.0. The van der Waals surface area contributed by atoms with Gasteiger partial charge in [-0.05, 0) is 26.8 Å². The Balaban J connectivity index is 4.29. The van der Waals surface area contributed by atoms with Crippen LogP contribution < -0.4 is 0 Å². The predicted octanol–water partition coefficient (Wildman–Crippen LogP) is 0.226. The summed E-state index contributed by atoms with van der Waals surface area (Å²) in [5, 5.41) is 28.9. The highest BCUT2D eigenvalue weighted by Gasteiger charge is 2.28. The SMILES string of the molecule is CCCOC(C)CN(C)[C@H](CO)[C@@H](O)[C@H](O)CC. The molecule has 0 heterocycles. The second-order valence-corrected chi connectivity index (χ2v) is 4.84. The van der Waals surface area contributed by atoms with Crippen molar-refractivity contribution in [2.45, 2.75) is 58.0 Å². The van der Waals surface area contributed by atoms with Crippen molar-refractivity contribution in [2.75, 3.05) is 26.8 Å². The smallest absolute Gasteiger partial charge is 0.0975 e. The maximum Gasteiger partial charge on any atom is 0.0975 e. The first-order valence-corrected chi connectivity index (χ1v) is 6.76. The fourth-order valence-electron chi connectivity index (χ4n) is 1.92. The molecule has 1 unspecified atom stereocenters. The first kappa shape index (κ1) is 17.8. The van der Waals surface area contributed by atoms with Crippen LogP contribution >= 0.6 is 0 Å². The Kier molecular flexibility index (Phi) is 9.59. The van der Waals surface area contributed by atoms with Gasteiger partial charge < -0.3 is 20.1 Å². The normalized spacial score (nSPS) is 18.7. The van der Waals surface area contributed by atoms with E-state index in [0.29, 0.717) is 19.6 Å². The van der Waals surface area contributed by atoms with Crippen molar-refractivity contribution in [1.82, 2.24) is 4.90 Å². The lowest BCUT2D eigenvalue weighted by molar-refractivity contribution is -0.0609. The zero-order valence-electron chi connectivity index (χ0n) is 12.0. The van der Waals surface area contributed by atoms with E-state index in [1.165, 1.54) is 0 Å². The van der Waals surface area contributed by atoms with Gasteiger partial charge in [0.05, 0.1) is 31.0 Å². The molecule has 0 aromatic heterocycles. The van der Waals surface area contributed by atoms with Crippen LogP contribution in [0.4, 0.5) is 0 Å². The van der Waals surface area contributed by atoms with Crippen LogP contribution in [0.2, 0.25) is 0 Å². The fourth-order valence-corrected chi connectivity index (χ4v) is 1.92. The van der Waals surface area contributed by atoms with Crippen LogP contribution in [0.5, 0.6) is 0 Å². The van der Waals surface area contributed by atoms with Crippen molar-refractivity contribution < 1.29 is 20.1 Å². The third kappa shape index (κ3) is 6.11. The zero-order chi connectivity index (χ0) is 14.1. The third-order valence-electron chi connectivity index (χ3n) is 3.11. The molecule has 0 aliphatic carbocycles. The number of ether oxygens (including phenoxy) is 1. The quantitative estimate of drug-likeness (QED) is 0.526. The number of hydrogen-bond donors (Lipinski definition) is 3. The van der Waals surface area contributed by atoms with Gasteiger partial charge >= 0.3 is 0 Å². The topological polar surface area (TPSA) is 73.2 Å². The molecule has 5 heteroatoms. The lowest BCUT2D eigenvalue weighted by Gasteiger charge is -2.34. The van der Waals surface area contributed by atoms with Gasteiger partial charge in [0.2, 0.25) is 0 Å². The molecule has 0 spiro atoms. The number of aliphatic hydroxyl groups excluding tert-OH is 3. The van der Waals surface area contributed by atoms with Gasteiger partial charge in [-0.2, -0.15) is 0 Å². The molecule has 0 amide bonds. The summed E-state index contributed by atoms with van der Waals surface area (Å²) >= 11 is 0. The molecule has 0 fully saturated rings. The molecule has 3 N–H and O–H groups in total. The Labute approximate surface area is 110 Å². The Morgan fingerprint density at radius 1 is 1.22 bits per heavy atom. The Hall–Kier alpha value is -0.200. The largest absolute Gasteiger partial charge is 0.395 e. The van der Waals surface area contributed by atoms with E-state index in [4.69, 9.17) is 4.74 Å². The van der Waals surface area contributed by atoms with Gasteiger partial charge in [-0.15, -0.1) is 0 Å². The van der Waals surface area contributed by atoms with Crippen LogP contribution in [0.1, 0.15) is 33.6 Å². The molecule has 0 rings (SSSR count). The second-order valence-electron chi connectivity index (χ2n) is 4.84. The lowest BCUT2D eigenvalue weighted by Crippen LogP contribution is -2.51. The molecule has 0 aromatic carbocycles. The summed E-state index contributed by atoms with van der Waals surface area (Å²) in [6.07, 6.45) is -0.281. The average molecular weight is 263 g/mol. The monoisotopic (exact) mass is 263 g/mol. The van der Waals surface area contributed by atoms with Crippen LogP contribution in [-0.4, -0.2) is 71.4 Å². The number of rotatable bonds is 10. The van der Waals surface area contributed by atoms with Gasteiger partial charge in [0.1, 0.15) is 0 Å². The van der Waals surface area contributed by atoms with Crippen LogP contribution in [0.15, 0.2) is 0 Å². The van der Waals surface area contributed by atoms with Gasteiger partial charge in [-0.25, -0.2) is 0 Å². The summed E-state index contributed by atoms with van der Waals surface area (Å²) < 4.78 is 5.56. The minimum absolute atomic E-state index is 0.0370. The lowest BCUT2D eigenvalue weighted by atomic mass is 10.0. The number of nitrogens with zero attached hydrogens (tertiary/aromatic N) is 1. The molecule has 5 nitrogen and oxygen atoms in total. The molecule has 110 valence electrons. The molecule has 0 saturated carbocycles. The summed E-state index contributed by atoms with van der Waals surface area (Å²) in [5.74, 6) is 0. The van der Waals surface area contributed by atoms with Gasteiger partial charge in [0.15, 0.2) is 0 Å². The molecule has 4 atom stereocenters. The van der Waals surface area contributed by atoms with Crippen molar-refractivity contribution in [3.05, 3.63) is 0 Å². The highest BCUT2D eigenvalue weighted by molar-refractivity contribution is 4.82. The predicted molar refractivity (Wildman–Crippen MR) is 71.5 cm³/mol. The summed E-state index contributed by atoms with van der Waals surface area (Å²) in [5.41, 5.74) is 0. The highest BCUT2D eigenvalue weighted by atomic mass is 16.5. The Morgan fingerprint density at radius 3 is 2.28 bits per heavy atom. The molecule has 0 aromatic rings. The molecular formula is C13H29NO4. The second kappa shape index (κ2) is 9.69. The van der Waals surface area contributed by atoms with E-state index in [1.54, 1.807) is 6.92 Å². The van der Waals surface area contributed by atoms with Crippen molar-refractivity contribution in [3.63, 3.8) is 0 Å². The van der Waals surface area contributed by atoms with Crippen LogP contribution in [-0.2, 0) is 4.74 Å². The third-order valence-corrected chi connectivity index (χ3v) is 3.11. The summed E-state index contributed by atoms with van der Waals surface area (Å²) in [6, 6.07) is -0.465. The number of hydrogen-bond acceptors (Lipinski definition) is 5. The first-order chi connectivity index (χ1) is 8.47. The van der Waals surface area contributed by atoms with Crippen molar-refractivity contribution in [2.24, 2.45) is 0 Å². The van der Waals surface area contributed by atoms with E-state index < -0.39 is 18.2 Å². The van der Waals surface area contributed by atoms with Crippen molar-refractivity contribution >= 4 is 0 Å². The fraction of sp³-hybridized carbons (Fsp3) is 1.00. The molecule has 0 bridgehead atoms. The minimum Gasteiger partial charge on any atom is -0.395 e. The molecule has 18 heavy (non-hydrogen) atoms. The highest BCUT2D eigenvalue weighted by Crippen LogP contribution is 2.10.